The zero-order valence-electron chi connectivity index (χ0n) is 31.8. The standard InChI is InChI=1S/C37H75NOS.CH3NOS.Na.H/c1-3-5-7-9-11-13-15-17-19-21-23-25-27-29-31-33-35-38(37(39)40)36-34-32-30-28-26-24-22-20-18-16-14-12-10-8-6-4-2;2-1(3)4;;/h3-36H2,1-2H3,(H,39,40);(H3,2,3,4);;/q;;+1;-1. The number of carbonyl (C=O) groups excluding carboxylic acids is 2. The number of hydrogen-bond donors (Lipinski definition) is 3. The molecule has 0 aliphatic carbocycles. The van der Waals surface area contributed by atoms with E-state index in [0.717, 1.165) is 25.9 Å². The van der Waals surface area contributed by atoms with Crippen LogP contribution in [0.2, 0.25) is 0 Å². The second-order valence-electron chi connectivity index (χ2n) is 13.2. The number of nitrogens with zero attached hydrogens (tertiary/aromatic N) is 1. The zero-order chi connectivity index (χ0) is 32.8. The van der Waals surface area contributed by atoms with Crippen molar-refractivity contribution in [2.75, 3.05) is 13.1 Å². The summed E-state index contributed by atoms with van der Waals surface area (Å²) in [6, 6.07) is 0. The van der Waals surface area contributed by atoms with E-state index in [4.69, 9.17) is 4.79 Å². The summed E-state index contributed by atoms with van der Waals surface area (Å²) in [6.45, 7) is 6.39. The first-order valence-electron chi connectivity index (χ1n) is 19.4. The van der Waals surface area contributed by atoms with Crippen LogP contribution in [0, 0.1) is 0 Å². The fraction of sp³-hybridized carbons (Fsp3) is 0.947. The van der Waals surface area contributed by atoms with Crippen LogP contribution in [0.5, 0.6) is 0 Å². The Labute approximate surface area is 317 Å². The molecule has 0 unspecified atom stereocenters. The van der Waals surface area contributed by atoms with E-state index in [1.165, 1.54) is 193 Å². The first-order chi connectivity index (χ1) is 21.5. The van der Waals surface area contributed by atoms with Gasteiger partial charge in [0.2, 0.25) is 0 Å². The third-order valence-corrected chi connectivity index (χ3v) is 9.12. The molecule has 0 spiro atoms. The second kappa shape index (κ2) is 44.6. The van der Waals surface area contributed by atoms with Crippen molar-refractivity contribution < 1.29 is 40.6 Å². The van der Waals surface area contributed by atoms with Gasteiger partial charge in [-0.2, -0.15) is 0 Å². The van der Waals surface area contributed by atoms with E-state index < -0.39 is 5.24 Å². The molecule has 0 fully saturated rings. The number of amides is 2. The van der Waals surface area contributed by atoms with Gasteiger partial charge in [0.1, 0.15) is 0 Å². The van der Waals surface area contributed by atoms with Crippen LogP contribution in [-0.4, -0.2) is 28.5 Å². The molecule has 0 rings (SSSR count). The molecule has 0 aromatic heterocycles. The molecule has 0 aliphatic heterocycles. The maximum atomic E-state index is 11.9. The van der Waals surface area contributed by atoms with Gasteiger partial charge in [-0.1, -0.05) is 232 Å². The summed E-state index contributed by atoms with van der Waals surface area (Å²) >= 11 is 7.25. The number of thiol groups is 2. The minimum Gasteiger partial charge on any atom is -1.00 e. The van der Waals surface area contributed by atoms with E-state index >= 15 is 0 Å². The Hall–Kier alpha value is 0.640. The summed E-state index contributed by atoms with van der Waals surface area (Å²) in [5.41, 5.74) is 4.34. The minimum atomic E-state index is -0.639. The first kappa shape index (κ1) is 50.0. The molecule has 0 aromatic rings. The maximum absolute atomic E-state index is 11.9. The first-order valence-corrected chi connectivity index (χ1v) is 20.3. The van der Waals surface area contributed by atoms with Gasteiger partial charge in [-0.25, -0.2) is 0 Å². The summed E-state index contributed by atoms with van der Waals surface area (Å²) in [6.07, 6.45) is 44.5. The molecule has 0 heterocycles. The van der Waals surface area contributed by atoms with E-state index in [1.807, 2.05) is 4.90 Å². The molecule has 7 heteroatoms. The predicted octanol–water partition coefficient (Wildman–Crippen LogP) is 11.0. The quantitative estimate of drug-likeness (QED) is 0.0359. The topological polar surface area (TPSA) is 63.4 Å². The molecule has 2 amide bonds. The van der Waals surface area contributed by atoms with E-state index in [-0.39, 0.29) is 36.2 Å². The Morgan fingerprint density at radius 3 is 0.733 bits per heavy atom. The molecule has 0 bridgehead atoms. The number of nitrogens with two attached hydrogens (primary N) is 1. The fourth-order valence-electron chi connectivity index (χ4n) is 6.00. The number of carbonyl (C=O) groups is 2. The monoisotopic (exact) mass is 683 g/mol. The molecule has 266 valence electrons. The number of rotatable bonds is 34. The van der Waals surface area contributed by atoms with Crippen molar-refractivity contribution >= 4 is 35.7 Å². The fourth-order valence-corrected chi connectivity index (χ4v) is 6.20. The average Bonchev–Trinajstić information content (AvgIpc) is 2.99. The van der Waals surface area contributed by atoms with Gasteiger partial charge in [0.15, 0.2) is 0 Å². The van der Waals surface area contributed by atoms with Gasteiger partial charge < -0.3 is 12.1 Å². The number of primary amides is 1. The summed E-state index contributed by atoms with van der Waals surface area (Å²) in [7, 11) is 0. The van der Waals surface area contributed by atoms with E-state index in [0.29, 0.717) is 0 Å². The minimum absolute atomic E-state index is 0. The van der Waals surface area contributed by atoms with Gasteiger partial charge >= 0.3 is 29.6 Å². The number of unbranched alkanes of at least 4 members (excludes halogenated alkanes) is 30. The normalized spacial score (nSPS) is 10.7. The molecule has 0 aliphatic rings. The van der Waals surface area contributed by atoms with E-state index in [2.05, 4.69) is 44.8 Å². The van der Waals surface area contributed by atoms with Gasteiger partial charge in [0, 0.05) is 13.1 Å². The van der Waals surface area contributed by atoms with Gasteiger partial charge in [-0.05, 0) is 12.8 Å². The van der Waals surface area contributed by atoms with Crippen LogP contribution in [0.3, 0.4) is 0 Å². The van der Waals surface area contributed by atoms with Gasteiger partial charge in [0.25, 0.3) is 10.5 Å². The third kappa shape index (κ3) is 49.1. The van der Waals surface area contributed by atoms with Crippen molar-refractivity contribution in [2.24, 2.45) is 5.73 Å². The van der Waals surface area contributed by atoms with Crippen molar-refractivity contribution in [1.82, 2.24) is 4.90 Å². The van der Waals surface area contributed by atoms with Gasteiger partial charge in [-0.3, -0.25) is 9.59 Å². The van der Waals surface area contributed by atoms with Crippen LogP contribution >= 0.6 is 25.3 Å². The summed E-state index contributed by atoms with van der Waals surface area (Å²) in [4.78, 5) is 23.0. The maximum Gasteiger partial charge on any atom is 1.00 e. The Morgan fingerprint density at radius 2 is 0.578 bits per heavy atom. The molecular weight excluding hydrogens is 604 g/mol. The largest absolute Gasteiger partial charge is 1.00 e. The van der Waals surface area contributed by atoms with Crippen LogP contribution in [0.4, 0.5) is 9.59 Å². The molecule has 0 saturated carbocycles. The molecule has 4 nitrogen and oxygen atoms in total. The molecule has 0 aromatic carbocycles. The molecule has 0 atom stereocenters. The molecule has 0 radical (unpaired) electrons. The van der Waals surface area contributed by atoms with Crippen molar-refractivity contribution in [2.45, 2.75) is 219 Å². The summed E-state index contributed by atoms with van der Waals surface area (Å²) < 4.78 is 0. The molecule has 45 heavy (non-hydrogen) atoms. The predicted molar refractivity (Wildman–Crippen MR) is 205 cm³/mol. The Kier molecular flexibility index (Phi) is 49.6. The van der Waals surface area contributed by atoms with Crippen LogP contribution in [0.15, 0.2) is 0 Å². The van der Waals surface area contributed by atoms with Gasteiger partial charge in [0.05, 0.1) is 0 Å². The molecule has 0 saturated heterocycles. The van der Waals surface area contributed by atoms with Crippen LogP contribution in [-0.2, 0) is 0 Å². The van der Waals surface area contributed by atoms with E-state index in [9.17, 15) is 4.79 Å². The smallest absolute Gasteiger partial charge is 1.00 e. The van der Waals surface area contributed by atoms with Gasteiger partial charge in [-0.15, -0.1) is 0 Å². The van der Waals surface area contributed by atoms with Crippen molar-refractivity contribution in [3.63, 3.8) is 0 Å². The van der Waals surface area contributed by atoms with E-state index in [1.54, 1.807) is 0 Å². The summed E-state index contributed by atoms with van der Waals surface area (Å²) in [5.74, 6) is 0. The zero-order valence-corrected chi connectivity index (χ0v) is 34.6. The summed E-state index contributed by atoms with van der Waals surface area (Å²) in [5, 5.41) is -0.665. The Morgan fingerprint density at radius 1 is 0.422 bits per heavy atom. The Bertz CT molecular complexity index is 551. The van der Waals surface area contributed by atoms with Crippen molar-refractivity contribution in [3.8, 4) is 0 Å². The third-order valence-electron chi connectivity index (χ3n) is 8.83. The second-order valence-corrected chi connectivity index (χ2v) is 14.0. The van der Waals surface area contributed by atoms with Crippen LogP contribution in [0.25, 0.3) is 0 Å². The van der Waals surface area contributed by atoms with Crippen molar-refractivity contribution in [3.05, 3.63) is 0 Å². The Balaban J connectivity index is -0.00000138. The molecular formula is C38H79N2NaO2S2. The van der Waals surface area contributed by atoms with Crippen molar-refractivity contribution in [1.29, 1.82) is 0 Å². The number of hydrogen-bond acceptors (Lipinski definition) is 2. The molecule has 2 N–H and O–H groups in total. The van der Waals surface area contributed by atoms with Crippen LogP contribution in [0.1, 0.15) is 221 Å². The average molecular weight is 683 g/mol. The van der Waals surface area contributed by atoms with Crippen LogP contribution < -0.4 is 35.3 Å². The SMILES string of the molecule is CCCCCCCCCCCCCCCCCCN(CCCCCCCCCCCCCCCCCC)C(=O)S.NC(=O)S.[H-].[Na+].